The summed E-state index contributed by atoms with van der Waals surface area (Å²) in [5.41, 5.74) is 5.17. The van der Waals surface area contributed by atoms with Crippen molar-refractivity contribution in [2.24, 2.45) is 29.5 Å². The van der Waals surface area contributed by atoms with Gasteiger partial charge in [-0.1, -0.05) is 72.8 Å². The number of nitrogens with one attached hydrogen (secondary N) is 4. The van der Waals surface area contributed by atoms with Crippen molar-refractivity contribution < 1.29 is 89.2 Å². The second-order valence-corrected chi connectivity index (χ2v) is 29.8. The summed E-state index contributed by atoms with van der Waals surface area (Å²) < 4.78 is 86.8. The van der Waals surface area contributed by atoms with Gasteiger partial charge in [0.1, 0.15) is 12.6 Å². The van der Waals surface area contributed by atoms with Gasteiger partial charge >= 0.3 is 30.9 Å². The fourth-order valence-corrected chi connectivity index (χ4v) is 13.5. The fraction of sp³-hybridized carbons (Fsp3) is 0.507. The normalized spacial score (nSPS) is 17.9. The first kappa shape index (κ1) is 78.1. The van der Waals surface area contributed by atoms with E-state index in [1.165, 1.54) is 68.9 Å². The Bertz CT molecular complexity index is 3970. The number of piperidine rings is 1. The minimum atomic E-state index is -5.61. The third kappa shape index (κ3) is 20.4. The van der Waals surface area contributed by atoms with Gasteiger partial charge in [-0.15, -0.1) is 0 Å². The Morgan fingerprint density at radius 3 is 2.06 bits per heavy atom. The molecular weight excluding hydrogens is 1330 g/mol. The smallest absolute Gasteiger partial charge is 0.410 e. The van der Waals surface area contributed by atoms with Gasteiger partial charge in [0.05, 0.1) is 71.7 Å². The second-order valence-electron chi connectivity index (χ2n) is 27.8. The predicted octanol–water partition coefficient (Wildman–Crippen LogP) is 8.12. The van der Waals surface area contributed by atoms with Crippen molar-refractivity contribution >= 4 is 77.4 Å². The molecule has 5 aromatic rings. The van der Waals surface area contributed by atoms with Crippen LogP contribution < -0.4 is 32.7 Å². The van der Waals surface area contributed by atoms with E-state index in [2.05, 4.69) is 21.3 Å². The van der Waals surface area contributed by atoms with E-state index >= 15 is 8.78 Å². The molecule has 1 aliphatic heterocycles. The van der Waals surface area contributed by atoms with Crippen molar-refractivity contribution in [1.82, 2.24) is 30.4 Å². The molecule has 0 spiro atoms. The SMILES string of the molecule is C/C(=C\C(=O)N[C@H]1CCc2cccc3c2C(C1=O)[C@H](C(=O)N[C@@H](CCC(N)=O)[C@@H](C)OCc1ccc(CCCNC(=O)COCCOCCCc2ccc4c(c2)n(C)c(=O)n4C2CCC(=O)NC2=O)cc1)C3)c1ccc(C(F)(F)P(=O)(OCOC(=O)C(C)(C)C)OCOC(=O)C(C)(C)C)cc1. The number of alkyl halides is 2. The number of carbonyl (C=O) groups is 9. The van der Waals surface area contributed by atoms with Crippen LogP contribution in [0.4, 0.5) is 8.78 Å². The van der Waals surface area contributed by atoms with E-state index in [0.717, 1.165) is 45.5 Å². The third-order valence-electron chi connectivity index (χ3n) is 18.0. The molecule has 0 bridgehead atoms. The zero-order chi connectivity index (χ0) is 73.6. The van der Waals surface area contributed by atoms with Crippen LogP contribution in [0.3, 0.4) is 0 Å². The summed E-state index contributed by atoms with van der Waals surface area (Å²) in [6.07, 6.45) is 4.71. The number of rotatable bonds is 34. The van der Waals surface area contributed by atoms with Crippen LogP contribution in [-0.4, -0.2) is 127 Å². The van der Waals surface area contributed by atoms with Gasteiger partial charge in [-0.2, -0.15) is 8.78 Å². The van der Waals surface area contributed by atoms with Crippen LogP contribution in [0.5, 0.6) is 0 Å². The number of halogens is 2. The summed E-state index contributed by atoms with van der Waals surface area (Å²) in [4.78, 5) is 130. The Morgan fingerprint density at radius 1 is 0.772 bits per heavy atom. The Kier molecular flexibility index (Phi) is 26.6. The van der Waals surface area contributed by atoms with E-state index in [1.807, 2.05) is 60.7 Å². The number of benzene rings is 4. The van der Waals surface area contributed by atoms with Gasteiger partial charge in [-0.25, -0.2) is 4.79 Å². The van der Waals surface area contributed by atoms with Crippen LogP contribution >= 0.6 is 7.60 Å². The first-order chi connectivity index (χ1) is 47.8. The number of amides is 6. The number of hydrogen-bond donors (Lipinski definition) is 5. The number of nitrogens with two attached hydrogens (primary N) is 1. The molecule has 6 atom stereocenters. The highest BCUT2D eigenvalue weighted by Crippen LogP contribution is 2.67. The molecule has 28 heteroatoms. The number of primary amides is 1. The van der Waals surface area contributed by atoms with Crippen LogP contribution in [0.1, 0.15) is 157 Å². The monoisotopic (exact) mass is 1420 g/mol. The number of imide groups is 1. The number of allylic oxidation sites excluding steroid dienone is 1. The van der Waals surface area contributed by atoms with Gasteiger partial charge < -0.3 is 45.4 Å². The molecule has 2 aliphatic carbocycles. The van der Waals surface area contributed by atoms with Crippen LogP contribution in [-0.2, 0) is 125 Å². The van der Waals surface area contributed by atoms with E-state index in [9.17, 15) is 52.5 Å². The lowest BCUT2D eigenvalue weighted by Gasteiger charge is -2.28. The maximum absolute atomic E-state index is 16.3. The molecule has 1 fully saturated rings. The van der Waals surface area contributed by atoms with E-state index < -0.39 is 115 Å². The van der Waals surface area contributed by atoms with Crippen molar-refractivity contribution in [3.8, 4) is 0 Å². The first-order valence-electron chi connectivity index (χ1n) is 33.9. The highest BCUT2D eigenvalue weighted by molar-refractivity contribution is 7.54. The molecule has 8 rings (SSSR count). The maximum Gasteiger partial charge on any atom is 0.410 e. The minimum Gasteiger partial charge on any atom is -0.438 e. The summed E-state index contributed by atoms with van der Waals surface area (Å²) in [6.45, 7) is 11.5. The average molecular weight is 1420 g/mol. The number of Topliss-reactive ketones (excluding diaryl/α,β-unsaturated/α-hetero) is 1. The Morgan fingerprint density at radius 2 is 1.41 bits per heavy atom. The number of ether oxygens (including phenoxy) is 5. The molecule has 1 aromatic heterocycles. The van der Waals surface area contributed by atoms with Crippen molar-refractivity contribution in [3.63, 3.8) is 0 Å². The predicted molar refractivity (Wildman–Crippen MR) is 367 cm³/mol. The van der Waals surface area contributed by atoms with Crippen LogP contribution in [0, 0.1) is 16.7 Å². The van der Waals surface area contributed by atoms with Gasteiger partial charge in [0, 0.05) is 44.7 Å². The zero-order valence-corrected chi connectivity index (χ0v) is 59.5. The highest BCUT2D eigenvalue weighted by Gasteiger charge is 2.56. The summed E-state index contributed by atoms with van der Waals surface area (Å²) >= 11 is 0. The van der Waals surface area contributed by atoms with Crippen molar-refractivity contribution in [3.05, 3.63) is 146 Å². The lowest BCUT2D eigenvalue weighted by Crippen LogP contribution is -2.49. The lowest BCUT2D eigenvalue weighted by molar-refractivity contribution is -0.163. The van der Waals surface area contributed by atoms with Crippen LogP contribution in [0.15, 0.2) is 95.8 Å². The number of fused-ring (bicyclic) bond motifs is 1. The minimum absolute atomic E-state index is 0.0588. The van der Waals surface area contributed by atoms with Gasteiger partial charge in [0.15, 0.2) is 5.78 Å². The molecule has 546 valence electrons. The summed E-state index contributed by atoms with van der Waals surface area (Å²) in [5, 5.41) is 11.1. The number of imidazole rings is 1. The molecule has 101 heavy (non-hydrogen) atoms. The number of nitrogens with zero attached hydrogens (tertiary/aromatic N) is 2. The van der Waals surface area contributed by atoms with Gasteiger partial charge in [0.25, 0.3) is 0 Å². The van der Waals surface area contributed by atoms with E-state index in [-0.39, 0.29) is 81.6 Å². The van der Waals surface area contributed by atoms with Gasteiger partial charge in [-0.05, 0) is 170 Å². The molecule has 1 saturated heterocycles. The number of aromatic nitrogens is 2. The van der Waals surface area contributed by atoms with Crippen molar-refractivity contribution in [2.75, 3.05) is 46.6 Å². The van der Waals surface area contributed by atoms with Crippen molar-refractivity contribution in [1.29, 1.82) is 0 Å². The molecule has 6 amide bonds. The van der Waals surface area contributed by atoms with E-state index in [1.54, 1.807) is 20.9 Å². The molecule has 2 unspecified atom stereocenters. The highest BCUT2D eigenvalue weighted by atomic mass is 31.2. The van der Waals surface area contributed by atoms with E-state index in [0.29, 0.717) is 74.0 Å². The quantitative estimate of drug-likeness (QED) is 0.00648. The lowest BCUT2D eigenvalue weighted by atomic mass is 9.84. The Hall–Kier alpha value is -8.59. The maximum atomic E-state index is 16.3. The molecule has 0 saturated carbocycles. The number of hydrogen-bond acceptors (Lipinski definition) is 18. The zero-order valence-electron chi connectivity index (χ0n) is 58.6. The standard InChI is InChI=1S/C73H92F2N7O18P/c1-44(49-22-25-52(26-23-49)73(74,75)101(93,99-42-97-68(90)71(3,4)5)100-43-98-69(91)72(6,7)8)37-61(85)78-55-27-24-50-15-10-16-51-39-53(64(63(50)51)65(55)87)66(88)79-54(28-31-59(76)83)45(2)96-40-48-19-17-46(18-20-48)13-11-33-77-62(86)41-95-36-35-94-34-12-14-47-21-29-56-58(38-47)81(9)70(92)82(56)57-30-32-60(84)80-67(57)89/h10,15-23,25-26,29,37-38,45,53-55,57,64H,11-14,24,27-28,30-36,39-43H2,1-9H3,(H2,76,83)(H,77,86)(H,78,85)(H,79,88)(H,80,84,89)/b44-37+/t45-,53-,54+,55+,57?,64?/m1/s1. The number of ketones is 1. The topological polar surface area (TPSA) is 336 Å². The molecule has 25 nitrogen and oxygen atoms in total. The molecule has 2 heterocycles. The number of esters is 2. The number of aryl methyl sites for hydroxylation is 4. The summed E-state index contributed by atoms with van der Waals surface area (Å²) in [6, 6.07) is 21.0. The van der Waals surface area contributed by atoms with Crippen molar-refractivity contribution in [2.45, 2.75) is 168 Å². The largest absolute Gasteiger partial charge is 0.438 e. The average Bonchev–Trinajstić information content (AvgIpc) is 1.67. The van der Waals surface area contributed by atoms with Gasteiger partial charge in [-0.3, -0.25) is 71.2 Å². The van der Waals surface area contributed by atoms with E-state index in [4.69, 9.17) is 38.5 Å². The fourth-order valence-electron chi connectivity index (χ4n) is 12.2. The summed E-state index contributed by atoms with van der Waals surface area (Å²) in [5.74, 6) is -6.62. The molecule has 6 N–H and O–H groups in total. The Balaban J connectivity index is 0.774. The second kappa shape index (κ2) is 34.4. The van der Waals surface area contributed by atoms with Crippen LogP contribution in [0.25, 0.3) is 16.6 Å². The Labute approximate surface area is 585 Å². The first-order valence-corrected chi connectivity index (χ1v) is 35.4. The summed E-state index contributed by atoms with van der Waals surface area (Å²) in [7, 11) is -3.95. The third-order valence-corrected chi connectivity index (χ3v) is 19.8. The van der Waals surface area contributed by atoms with Crippen LogP contribution in [0.2, 0.25) is 0 Å². The number of carbonyl (C=O) groups excluding carboxylic acids is 9. The van der Waals surface area contributed by atoms with Gasteiger partial charge in [0.2, 0.25) is 49.0 Å². The molecule has 4 aromatic carbocycles. The molecule has 0 radical (unpaired) electrons. The molecule has 3 aliphatic rings. The molecular formula is C73H92F2N7O18P.